The Morgan fingerprint density at radius 3 is 2.67 bits per heavy atom. The number of hydrogen-bond acceptors (Lipinski definition) is 5. The van der Waals surface area contributed by atoms with E-state index in [1.165, 1.54) is 0 Å². The molecule has 0 aliphatic carbocycles. The lowest BCUT2D eigenvalue weighted by molar-refractivity contribution is 0.0968. The van der Waals surface area contributed by atoms with Gasteiger partial charge in [-0.05, 0) is 31.2 Å². The Hall–Kier alpha value is -2.24. The first-order chi connectivity index (χ1) is 10.1. The molecular weight excluding hydrogens is 282 g/mol. The molecule has 1 aromatic heterocycles. The van der Waals surface area contributed by atoms with Gasteiger partial charge >= 0.3 is 0 Å². The van der Waals surface area contributed by atoms with Crippen LogP contribution in [0.15, 0.2) is 42.5 Å². The predicted molar refractivity (Wildman–Crippen MR) is 87.4 cm³/mol. The number of Topliss-reactive ketones (excluding diaryl/α,β-unsaturated/α-hetero) is 1. The molecule has 0 saturated heterocycles. The van der Waals surface area contributed by atoms with Gasteiger partial charge < -0.3 is 11.5 Å². The number of ketones is 1. The molecule has 1 atom stereocenters. The molecule has 2 aromatic carbocycles. The summed E-state index contributed by atoms with van der Waals surface area (Å²) in [5.41, 5.74) is 14.6. The van der Waals surface area contributed by atoms with Crippen LogP contribution in [0.5, 0.6) is 0 Å². The van der Waals surface area contributed by atoms with E-state index in [0.29, 0.717) is 11.3 Å². The summed E-state index contributed by atoms with van der Waals surface area (Å²) >= 11 is 1.58. The molecular formula is C16H15N3OS. The third-order valence-electron chi connectivity index (χ3n) is 3.27. The topological polar surface area (TPSA) is 82.0 Å². The fourth-order valence-corrected chi connectivity index (χ4v) is 3.17. The number of benzene rings is 2. The van der Waals surface area contributed by atoms with Crippen molar-refractivity contribution in [3.63, 3.8) is 0 Å². The summed E-state index contributed by atoms with van der Waals surface area (Å²) in [4.78, 5) is 16.5. The van der Waals surface area contributed by atoms with Gasteiger partial charge in [-0.25, -0.2) is 4.98 Å². The third-order valence-corrected chi connectivity index (χ3v) is 4.34. The number of hydrogen-bond donors (Lipinski definition) is 2. The molecule has 0 unspecified atom stereocenters. The molecule has 21 heavy (non-hydrogen) atoms. The maximum Gasteiger partial charge on any atom is 0.179 e. The Morgan fingerprint density at radius 1 is 1.24 bits per heavy atom. The summed E-state index contributed by atoms with van der Waals surface area (Å²) < 4.78 is 1.11. The summed E-state index contributed by atoms with van der Waals surface area (Å²) in [6.07, 6.45) is 0. The highest BCUT2D eigenvalue weighted by Crippen LogP contribution is 2.33. The van der Waals surface area contributed by atoms with Crippen molar-refractivity contribution in [2.24, 2.45) is 5.73 Å². The quantitative estimate of drug-likeness (QED) is 0.575. The van der Waals surface area contributed by atoms with Crippen molar-refractivity contribution in [3.05, 3.63) is 48.0 Å². The zero-order chi connectivity index (χ0) is 15.0. The fourth-order valence-electron chi connectivity index (χ4n) is 2.16. The number of nitrogens with two attached hydrogens (primary N) is 2. The van der Waals surface area contributed by atoms with Crippen molar-refractivity contribution in [1.29, 1.82) is 0 Å². The van der Waals surface area contributed by atoms with Gasteiger partial charge in [0.1, 0.15) is 5.01 Å². The van der Waals surface area contributed by atoms with E-state index in [9.17, 15) is 4.79 Å². The van der Waals surface area contributed by atoms with Crippen LogP contribution in [0, 0.1) is 0 Å². The molecule has 0 fully saturated rings. The van der Waals surface area contributed by atoms with Gasteiger partial charge in [-0.2, -0.15) is 0 Å². The van der Waals surface area contributed by atoms with Crippen molar-refractivity contribution < 1.29 is 4.79 Å². The van der Waals surface area contributed by atoms with E-state index in [0.717, 1.165) is 20.8 Å². The van der Waals surface area contributed by atoms with E-state index < -0.39 is 6.04 Å². The van der Waals surface area contributed by atoms with Gasteiger partial charge in [0.05, 0.1) is 16.3 Å². The average molecular weight is 297 g/mol. The largest absolute Gasteiger partial charge is 0.398 e. The molecule has 4 N–H and O–H groups in total. The first-order valence-electron chi connectivity index (χ1n) is 6.61. The van der Waals surface area contributed by atoms with Crippen LogP contribution in [0.25, 0.3) is 20.8 Å². The summed E-state index contributed by atoms with van der Waals surface area (Å²) in [5.74, 6) is -0.113. The summed E-state index contributed by atoms with van der Waals surface area (Å²) in [6, 6.07) is 12.7. The molecule has 0 aliphatic rings. The molecule has 0 aliphatic heterocycles. The SMILES string of the molecule is C[C@H](N)C(=O)c1ccc(-c2nc3ccccc3s2)c(N)c1. The lowest BCUT2D eigenvalue weighted by atomic mass is 10.0. The molecule has 0 spiro atoms. The Morgan fingerprint density at radius 2 is 2.00 bits per heavy atom. The number of fused-ring (bicyclic) bond motifs is 1. The fraction of sp³-hybridized carbons (Fsp3) is 0.125. The first-order valence-corrected chi connectivity index (χ1v) is 7.43. The van der Waals surface area contributed by atoms with Gasteiger partial charge in [-0.1, -0.05) is 18.2 Å². The number of nitrogen functional groups attached to an aromatic ring is 1. The van der Waals surface area contributed by atoms with E-state index in [1.807, 2.05) is 30.3 Å². The molecule has 106 valence electrons. The van der Waals surface area contributed by atoms with Crippen molar-refractivity contribution in [2.75, 3.05) is 5.73 Å². The maximum absolute atomic E-state index is 11.9. The molecule has 0 bridgehead atoms. The normalized spacial score (nSPS) is 12.5. The molecule has 1 heterocycles. The monoisotopic (exact) mass is 297 g/mol. The second-order valence-corrected chi connectivity index (χ2v) is 5.97. The van der Waals surface area contributed by atoms with Crippen LogP contribution in [-0.4, -0.2) is 16.8 Å². The molecule has 0 amide bonds. The minimum Gasteiger partial charge on any atom is -0.398 e. The zero-order valence-electron chi connectivity index (χ0n) is 11.5. The van der Waals surface area contributed by atoms with Crippen molar-refractivity contribution in [2.45, 2.75) is 13.0 Å². The van der Waals surface area contributed by atoms with Crippen LogP contribution in [0.1, 0.15) is 17.3 Å². The molecule has 0 saturated carbocycles. The average Bonchev–Trinajstić information content (AvgIpc) is 2.89. The van der Waals surface area contributed by atoms with E-state index in [4.69, 9.17) is 11.5 Å². The Bertz CT molecular complexity index is 790. The lowest BCUT2D eigenvalue weighted by Crippen LogP contribution is -2.26. The molecule has 0 radical (unpaired) electrons. The number of para-hydroxylation sites is 1. The van der Waals surface area contributed by atoms with Gasteiger partial charge in [-0.15, -0.1) is 11.3 Å². The number of anilines is 1. The van der Waals surface area contributed by atoms with E-state index in [-0.39, 0.29) is 5.78 Å². The van der Waals surface area contributed by atoms with Crippen molar-refractivity contribution in [3.8, 4) is 10.6 Å². The minimum atomic E-state index is -0.530. The van der Waals surface area contributed by atoms with Crippen LogP contribution in [0.3, 0.4) is 0 Å². The third kappa shape index (κ3) is 2.53. The minimum absolute atomic E-state index is 0.113. The van der Waals surface area contributed by atoms with Crippen LogP contribution < -0.4 is 11.5 Å². The summed E-state index contributed by atoms with van der Waals surface area (Å²) in [7, 11) is 0. The zero-order valence-corrected chi connectivity index (χ0v) is 12.4. The molecule has 4 nitrogen and oxygen atoms in total. The standard InChI is InChI=1S/C16H15N3OS/c1-9(17)15(20)10-6-7-11(12(18)8-10)16-19-13-4-2-3-5-14(13)21-16/h2-9H,17-18H2,1H3/t9-/m0/s1. The van der Waals surface area contributed by atoms with Gasteiger partial charge in [-0.3, -0.25) is 4.79 Å². The maximum atomic E-state index is 11.9. The van der Waals surface area contributed by atoms with Crippen LogP contribution in [-0.2, 0) is 0 Å². The number of carbonyl (C=O) groups excluding carboxylic acids is 1. The number of rotatable bonds is 3. The summed E-state index contributed by atoms with van der Waals surface area (Å²) in [5, 5.41) is 0.855. The molecule has 3 aromatic rings. The van der Waals surface area contributed by atoms with Crippen LogP contribution in [0.2, 0.25) is 0 Å². The molecule has 3 rings (SSSR count). The Labute approximate surface area is 126 Å². The number of aromatic nitrogens is 1. The highest BCUT2D eigenvalue weighted by Gasteiger charge is 2.14. The van der Waals surface area contributed by atoms with E-state index >= 15 is 0 Å². The van der Waals surface area contributed by atoms with E-state index in [2.05, 4.69) is 4.98 Å². The second-order valence-electron chi connectivity index (χ2n) is 4.94. The second kappa shape index (κ2) is 5.27. The van der Waals surface area contributed by atoms with Crippen LogP contribution >= 0.6 is 11.3 Å². The van der Waals surface area contributed by atoms with Gasteiger partial charge in [0.2, 0.25) is 0 Å². The Balaban J connectivity index is 2.05. The molecule has 5 heteroatoms. The van der Waals surface area contributed by atoms with Gasteiger partial charge in [0.15, 0.2) is 5.78 Å². The Kier molecular flexibility index (Phi) is 3.45. The van der Waals surface area contributed by atoms with E-state index in [1.54, 1.807) is 30.4 Å². The highest BCUT2D eigenvalue weighted by atomic mass is 32.1. The van der Waals surface area contributed by atoms with Crippen molar-refractivity contribution in [1.82, 2.24) is 4.98 Å². The smallest absolute Gasteiger partial charge is 0.179 e. The number of carbonyl (C=O) groups is 1. The summed E-state index contributed by atoms with van der Waals surface area (Å²) in [6.45, 7) is 1.67. The first kappa shape index (κ1) is 13.7. The van der Waals surface area contributed by atoms with Gasteiger partial charge in [0, 0.05) is 16.8 Å². The van der Waals surface area contributed by atoms with Gasteiger partial charge in [0.25, 0.3) is 0 Å². The van der Waals surface area contributed by atoms with Crippen LogP contribution in [0.4, 0.5) is 5.69 Å². The highest BCUT2D eigenvalue weighted by molar-refractivity contribution is 7.21. The number of nitrogens with zero attached hydrogens (tertiary/aromatic N) is 1. The predicted octanol–water partition coefficient (Wildman–Crippen LogP) is 3.08. The number of thiazole rings is 1. The van der Waals surface area contributed by atoms with Crippen molar-refractivity contribution >= 4 is 33.0 Å². The lowest BCUT2D eigenvalue weighted by Gasteiger charge is -2.07.